The van der Waals surface area contributed by atoms with Crippen LogP contribution in [-0.4, -0.2) is 59.0 Å². The molecule has 176 valence electrons. The van der Waals surface area contributed by atoms with Gasteiger partial charge in [-0.15, -0.1) is 11.3 Å². The van der Waals surface area contributed by atoms with Crippen LogP contribution in [0.25, 0.3) is 21.0 Å². The number of rotatable bonds is 5. The van der Waals surface area contributed by atoms with E-state index in [2.05, 4.69) is 52.3 Å². The minimum absolute atomic E-state index is 0.0535. The average Bonchev–Trinajstić information content (AvgIpc) is 3.20. The van der Waals surface area contributed by atoms with Gasteiger partial charge in [0.25, 0.3) is 11.5 Å². The summed E-state index contributed by atoms with van der Waals surface area (Å²) in [4.78, 5) is 35.4. The van der Waals surface area contributed by atoms with Crippen LogP contribution in [0.4, 0.5) is 0 Å². The van der Waals surface area contributed by atoms with E-state index in [0.717, 1.165) is 38.0 Å². The summed E-state index contributed by atoms with van der Waals surface area (Å²) in [5.41, 5.74) is 2.14. The smallest absolute Gasteiger partial charge is 0.263 e. The van der Waals surface area contributed by atoms with Gasteiger partial charge in [-0.2, -0.15) is 0 Å². The predicted octanol–water partition coefficient (Wildman–Crippen LogP) is 4.50. The molecule has 6 nitrogen and oxygen atoms in total. The van der Waals surface area contributed by atoms with Crippen molar-refractivity contribution in [3.05, 3.63) is 75.1 Å². The Morgan fingerprint density at radius 1 is 1.09 bits per heavy atom. The van der Waals surface area contributed by atoms with Gasteiger partial charge in [-0.1, -0.05) is 42.5 Å². The first-order valence-corrected chi connectivity index (χ1v) is 12.7. The van der Waals surface area contributed by atoms with E-state index in [4.69, 9.17) is 0 Å². The summed E-state index contributed by atoms with van der Waals surface area (Å²) in [7, 11) is 3.45. The monoisotopic (exact) mass is 474 g/mol. The van der Waals surface area contributed by atoms with Gasteiger partial charge in [0.2, 0.25) is 0 Å². The Kier molecular flexibility index (Phi) is 6.23. The van der Waals surface area contributed by atoms with Crippen molar-refractivity contribution < 1.29 is 4.79 Å². The number of fused-ring (bicyclic) bond motifs is 2. The lowest BCUT2D eigenvalue weighted by molar-refractivity contribution is 0.0831. The molecular formula is C27H30N4O2S. The number of carbonyl (C=O) groups excluding carboxylic acids is 1. The molecule has 1 fully saturated rings. The fourth-order valence-corrected chi connectivity index (χ4v) is 6.21. The molecule has 7 heteroatoms. The Hall–Kier alpha value is -3.03. The highest BCUT2D eigenvalue weighted by molar-refractivity contribution is 7.20. The van der Waals surface area contributed by atoms with Crippen molar-refractivity contribution in [1.82, 2.24) is 19.4 Å². The molecule has 0 saturated carbocycles. The largest absolute Gasteiger partial charge is 0.344 e. The lowest BCUT2D eigenvalue weighted by atomic mass is 9.86. The van der Waals surface area contributed by atoms with Crippen LogP contribution in [-0.2, 0) is 6.54 Å². The van der Waals surface area contributed by atoms with Gasteiger partial charge >= 0.3 is 0 Å². The van der Waals surface area contributed by atoms with Crippen LogP contribution in [0.5, 0.6) is 0 Å². The number of aryl methyl sites for hydroxylation is 1. The fourth-order valence-electron chi connectivity index (χ4n) is 5.05. The number of piperidine rings is 1. The summed E-state index contributed by atoms with van der Waals surface area (Å²) in [6, 6.07) is 15.3. The van der Waals surface area contributed by atoms with Gasteiger partial charge in [-0.3, -0.25) is 14.2 Å². The van der Waals surface area contributed by atoms with Crippen LogP contribution in [0.2, 0.25) is 0 Å². The van der Waals surface area contributed by atoms with Crippen LogP contribution in [0, 0.1) is 6.92 Å². The molecule has 0 N–H and O–H groups in total. The number of thiophene rings is 1. The molecule has 1 saturated heterocycles. The van der Waals surface area contributed by atoms with Crippen molar-refractivity contribution in [3.8, 4) is 0 Å². The zero-order valence-electron chi connectivity index (χ0n) is 20.0. The van der Waals surface area contributed by atoms with Crippen LogP contribution in [0.3, 0.4) is 0 Å². The molecule has 0 unspecified atom stereocenters. The SMILES string of the molecule is Cc1c(C(=O)N(C)C)sc2ncn(CCN3CCC(c4cccc5ccccc45)CC3)c(=O)c12. The van der Waals surface area contributed by atoms with Gasteiger partial charge in [-0.05, 0) is 60.7 Å². The number of aromatic nitrogens is 2. The number of benzene rings is 2. The number of carbonyl (C=O) groups is 1. The first kappa shape index (κ1) is 22.7. The van der Waals surface area contributed by atoms with Gasteiger partial charge in [0.05, 0.1) is 16.6 Å². The van der Waals surface area contributed by atoms with Crippen LogP contribution in [0.1, 0.15) is 39.6 Å². The quantitative estimate of drug-likeness (QED) is 0.427. The zero-order chi connectivity index (χ0) is 23.8. The summed E-state index contributed by atoms with van der Waals surface area (Å²) in [5, 5.41) is 3.25. The second-order valence-corrected chi connectivity index (χ2v) is 10.4. The third-order valence-corrected chi connectivity index (χ3v) is 8.21. The lowest BCUT2D eigenvalue weighted by Gasteiger charge is -2.32. The highest BCUT2D eigenvalue weighted by atomic mass is 32.1. The molecule has 3 heterocycles. The van der Waals surface area contributed by atoms with E-state index < -0.39 is 0 Å². The maximum absolute atomic E-state index is 13.2. The van der Waals surface area contributed by atoms with Crippen molar-refractivity contribution in [2.75, 3.05) is 33.7 Å². The highest BCUT2D eigenvalue weighted by Crippen LogP contribution is 2.33. The molecule has 1 aliphatic heterocycles. The second-order valence-electron chi connectivity index (χ2n) is 9.36. The maximum Gasteiger partial charge on any atom is 0.263 e. The molecule has 0 aliphatic carbocycles. The Bertz CT molecular complexity index is 1410. The standard InChI is InChI=1S/C27H30N4O2S/c1-18-23-25(34-24(18)27(33)29(2)3)28-17-31(26(23)32)16-15-30-13-11-20(12-14-30)22-10-6-8-19-7-4-5-9-21(19)22/h4-10,17,20H,11-16H2,1-3H3. The van der Waals surface area contributed by atoms with Crippen molar-refractivity contribution in [3.63, 3.8) is 0 Å². The summed E-state index contributed by atoms with van der Waals surface area (Å²) >= 11 is 1.30. The summed E-state index contributed by atoms with van der Waals surface area (Å²) in [6.45, 7) is 5.32. The van der Waals surface area contributed by atoms with E-state index in [9.17, 15) is 9.59 Å². The van der Waals surface area contributed by atoms with E-state index in [-0.39, 0.29) is 11.5 Å². The van der Waals surface area contributed by atoms with Gasteiger partial charge in [-0.25, -0.2) is 4.98 Å². The van der Waals surface area contributed by atoms with Gasteiger partial charge < -0.3 is 9.80 Å². The minimum atomic E-state index is -0.0829. The molecular weight excluding hydrogens is 444 g/mol. The molecule has 1 aliphatic rings. The number of amides is 1. The van der Waals surface area contributed by atoms with E-state index in [1.807, 2.05) is 6.92 Å². The Labute approximate surface area is 203 Å². The summed E-state index contributed by atoms with van der Waals surface area (Å²) in [5.74, 6) is 0.490. The van der Waals surface area contributed by atoms with Crippen molar-refractivity contribution >= 4 is 38.2 Å². The van der Waals surface area contributed by atoms with Crippen LogP contribution >= 0.6 is 11.3 Å². The van der Waals surface area contributed by atoms with Gasteiger partial charge in [0.15, 0.2) is 0 Å². The Balaban J connectivity index is 1.27. The third kappa shape index (κ3) is 4.14. The van der Waals surface area contributed by atoms with Crippen molar-refractivity contribution in [2.45, 2.75) is 32.2 Å². The van der Waals surface area contributed by atoms with Crippen LogP contribution < -0.4 is 5.56 Å². The average molecular weight is 475 g/mol. The minimum Gasteiger partial charge on any atom is -0.344 e. The highest BCUT2D eigenvalue weighted by Gasteiger charge is 2.23. The molecule has 0 bridgehead atoms. The zero-order valence-corrected chi connectivity index (χ0v) is 20.8. The third-order valence-electron chi connectivity index (χ3n) is 7.03. The molecule has 1 amide bonds. The number of nitrogens with zero attached hydrogens (tertiary/aromatic N) is 4. The predicted molar refractivity (Wildman–Crippen MR) is 139 cm³/mol. The van der Waals surface area contributed by atoms with E-state index in [0.29, 0.717) is 27.6 Å². The molecule has 0 atom stereocenters. The fraction of sp³-hybridized carbons (Fsp3) is 0.370. The topological polar surface area (TPSA) is 58.4 Å². The molecule has 4 aromatic rings. The molecule has 5 rings (SSSR count). The normalized spacial score (nSPS) is 15.3. The van der Waals surface area contributed by atoms with Crippen LogP contribution in [0.15, 0.2) is 53.6 Å². The summed E-state index contributed by atoms with van der Waals surface area (Å²) in [6.07, 6.45) is 3.88. The lowest BCUT2D eigenvalue weighted by Crippen LogP contribution is -2.36. The van der Waals surface area contributed by atoms with Crippen molar-refractivity contribution in [1.29, 1.82) is 0 Å². The Morgan fingerprint density at radius 3 is 2.59 bits per heavy atom. The maximum atomic E-state index is 13.2. The summed E-state index contributed by atoms with van der Waals surface area (Å²) < 4.78 is 1.70. The number of likely N-dealkylation sites (tertiary alicyclic amines) is 1. The molecule has 34 heavy (non-hydrogen) atoms. The van der Waals surface area contributed by atoms with Gasteiger partial charge in [0.1, 0.15) is 4.83 Å². The van der Waals surface area contributed by atoms with E-state index >= 15 is 0 Å². The number of hydrogen-bond donors (Lipinski definition) is 0. The number of hydrogen-bond acceptors (Lipinski definition) is 5. The molecule has 0 spiro atoms. The van der Waals surface area contributed by atoms with E-state index in [1.54, 1.807) is 25.0 Å². The molecule has 2 aromatic carbocycles. The molecule has 2 aromatic heterocycles. The second kappa shape index (κ2) is 9.31. The van der Waals surface area contributed by atoms with E-state index in [1.165, 1.54) is 32.6 Å². The Morgan fingerprint density at radius 2 is 1.82 bits per heavy atom. The first-order valence-electron chi connectivity index (χ1n) is 11.8. The van der Waals surface area contributed by atoms with Crippen molar-refractivity contribution in [2.24, 2.45) is 0 Å². The van der Waals surface area contributed by atoms with Gasteiger partial charge in [0, 0.05) is 27.2 Å². The molecule has 0 radical (unpaired) electrons. The first-order chi connectivity index (χ1) is 16.4.